The minimum Gasteiger partial charge on any atom is -0.493 e. The highest BCUT2D eigenvalue weighted by Crippen LogP contribution is 2.24. The van der Waals surface area contributed by atoms with Crippen LogP contribution in [-0.4, -0.2) is 17.6 Å². The molecule has 5 heteroatoms. The topological polar surface area (TPSA) is 50.4 Å². The normalized spacial score (nSPS) is 10.5. The summed E-state index contributed by atoms with van der Waals surface area (Å²) < 4.78 is 5.79. The van der Waals surface area contributed by atoms with Crippen molar-refractivity contribution in [2.45, 2.75) is 46.0 Å². The van der Waals surface area contributed by atoms with Crippen molar-refractivity contribution >= 4 is 28.9 Å². The summed E-state index contributed by atoms with van der Waals surface area (Å²) in [6.45, 7) is 6.98. The molecule has 0 aliphatic rings. The van der Waals surface area contributed by atoms with Crippen LogP contribution < -0.4 is 15.4 Å². The quantitative estimate of drug-likeness (QED) is 0.466. The summed E-state index contributed by atoms with van der Waals surface area (Å²) in [6, 6.07) is 15.2. The molecule has 0 aromatic heterocycles. The lowest BCUT2D eigenvalue weighted by molar-refractivity contribution is 0.0973. The van der Waals surface area contributed by atoms with E-state index in [4.69, 9.17) is 17.0 Å². The summed E-state index contributed by atoms with van der Waals surface area (Å²) in [4.78, 5) is 12.7. The van der Waals surface area contributed by atoms with Crippen LogP contribution in [0.2, 0.25) is 0 Å². The summed E-state index contributed by atoms with van der Waals surface area (Å²) in [5.74, 6) is 0.654. The Bertz CT molecular complexity index is 774. The molecule has 144 valence electrons. The zero-order valence-corrected chi connectivity index (χ0v) is 17.1. The van der Waals surface area contributed by atoms with Crippen molar-refractivity contribution in [2.75, 3.05) is 11.9 Å². The van der Waals surface area contributed by atoms with Gasteiger partial charge in [-0.3, -0.25) is 10.1 Å². The standard InChI is InChI=1S/C22H28N2O2S/c1-4-5-10-15-26-20-14-9-7-12-18(20)21(25)24-22(27)23-19-13-8-6-11-17(19)16(2)3/h6-9,11-14,16H,4-5,10,15H2,1-3H3,(H2,23,24,25,27). The maximum absolute atomic E-state index is 12.7. The minimum atomic E-state index is -0.277. The maximum Gasteiger partial charge on any atom is 0.261 e. The lowest BCUT2D eigenvalue weighted by Crippen LogP contribution is -2.34. The van der Waals surface area contributed by atoms with Crippen LogP contribution in [0.1, 0.15) is 61.9 Å². The van der Waals surface area contributed by atoms with Gasteiger partial charge in [-0.15, -0.1) is 0 Å². The first-order chi connectivity index (χ1) is 13.0. The van der Waals surface area contributed by atoms with E-state index in [0.717, 1.165) is 30.5 Å². The number of para-hydroxylation sites is 2. The first-order valence-electron chi connectivity index (χ1n) is 9.46. The Morgan fingerprint density at radius 3 is 2.52 bits per heavy atom. The van der Waals surface area contributed by atoms with Crippen molar-refractivity contribution in [3.63, 3.8) is 0 Å². The summed E-state index contributed by atoms with van der Waals surface area (Å²) in [7, 11) is 0. The van der Waals surface area contributed by atoms with Crippen LogP contribution in [0.4, 0.5) is 5.69 Å². The predicted octanol–water partition coefficient (Wildman–Crippen LogP) is 5.51. The van der Waals surface area contributed by atoms with Crippen LogP contribution in [0.3, 0.4) is 0 Å². The molecule has 2 rings (SSSR count). The van der Waals surface area contributed by atoms with Crippen molar-refractivity contribution < 1.29 is 9.53 Å². The smallest absolute Gasteiger partial charge is 0.261 e. The first kappa shape index (κ1) is 20.9. The van der Waals surface area contributed by atoms with Gasteiger partial charge >= 0.3 is 0 Å². The maximum atomic E-state index is 12.7. The van der Waals surface area contributed by atoms with E-state index >= 15 is 0 Å². The fraction of sp³-hybridized carbons (Fsp3) is 0.364. The zero-order valence-electron chi connectivity index (χ0n) is 16.2. The third-order valence-electron chi connectivity index (χ3n) is 4.20. The SMILES string of the molecule is CCCCCOc1ccccc1C(=O)NC(=S)Nc1ccccc1C(C)C. The molecule has 0 aliphatic heterocycles. The average molecular weight is 385 g/mol. The van der Waals surface area contributed by atoms with Crippen LogP contribution in [0.5, 0.6) is 5.75 Å². The number of carbonyl (C=O) groups excluding carboxylic acids is 1. The van der Waals surface area contributed by atoms with Crippen LogP contribution in [0, 0.1) is 0 Å². The monoisotopic (exact) mass is 384 g/mol. The molecule has 0 saturated heterocycles. The van der Waals surface area contributed by atoms with E-state index in [1.54, 1.807) is 6.07 Å². The van der Waals surface area contributed by atoms with Gasteiger partial charge in [0, 0.05) is 5.69 Å². The average Bonchev–Trinajstić information content (AvgIpc) is 2.65. The molecule has 0 unspecified atom stereocenters. The first-order valence-corrected chi connectivity index (χ1v) is 9.86. The van der Waals surface area contributed by atoms with E-state index in [1.807, 2.05) is 36.4 Å². The summed E-state index contributed by atoms with van der Waals surface area (Å²) in [5.41, 5.74) is 2.53. The third-order valence-corrected chi connectivity index (χ3v) is 4.40. The molecule has 2 aromatic rings. The minimum absolute atomic E-state index is 0.272. The van der Waals surface area contributed by atoms with Crippen molar-refractivity contribution in [3.05, 3.63) is 59.7 Å². The Balaban J connectivity index is 2.02. The number of thiocarbonyl (C=S) groups is 1. The number of amides is 1. The van der Waals surface area contributed by atoms with Crippen molar-refractivity contribution in [1.29, 1.82) is 0 Å². The van der Waals surface area contributed by atoms with E-state index in [2.05, 4.69) is 37.5 Å². The molecule has 27 heavy (non-hydrogen) atoms. The van der Waals surface area contributed by atoms with E-state index in [0.29, 0.717) is 23.8 Å². The highest BCUT2D eigenvalue weighted by Gasteiger charge is 2.14. The number of hydrogen-bond acceptors (Lipinski definition) is 3. The second-order valence-corrected chi connectivity index (χ2v) is 7.11. The predicted molar refractivity (Wildman–Crippen MR) is 116 cm³/mol. The van der Waals surface area contributed by atoms with Gasteiger partial charge in [0.1, 0.15) is 5.75 Å². The molecule has 2 aromatic carbocycles. The number of hydrogen-bond donors (Lipinski definition) is 2. The van der Waals surface area contributed by atoms with Crippen LogP contribution >= 0.6 is 12.2 Å². The van der Waals surface area contributed by atoms with Gasteiger partial charge in [0.05, 0.1) is 12.2 Å². The largest absolute Gasteiger partial charge is 0.493 e. The van der Waals surface area contributed by atoms with Crippen molar-refractivity contribution in [3.8, 4) is 5.75 Å². The van der Waals surface area contributed by atoms with Crippen LogP contribution in [0.15, 0.2) is 48.5 Å². The number of ether oxygens (including phenoxy) is 1. The summed E-state index contributed by atoms with van der Waals surface area (Å²) in [6.07, 6.45) is 3.21. The molecule has 0 saturated carbocycles. The van der Waals surface area contributed by atoms with Gasteiger partial charge in [-0.1, -0.05) is 63.9 Å². The number of carbonyl (C=O) groups is 1. The number of rotatable bonds is 8. The lowest BCUT2D eigenvalue weighted by atomic mass is 10.0. The fourth-order valence-electron chi connectivity index (χ4n) is 2.75. The van der Waals surface area contributed by atoms with Gasteiger partial charge in [0.2, 0.25) is 0 Å². The number of benzene rings is 2. The second kappa shape index (κ2) is 10.7. The van der Waals surface area contributed by atoms with E-state index in [1.165, 1.54) is 0 Å². The number of anilines is 1. The van der Waals surface area contributed by atoms with Gasteiger partial charge in [-0.25, -0.2) is 0 Å². The highest BCUT2D eigenvalue weighted by molar-refractivity contribution is 7.80. The Morgan fingerprint density at radius 2 is 1.78 bits per heavy atom. The Morgan fingerprint density at radius 1 is 1.07 bits per heavy atom. The Hall–Kier alpha value is -2.40. The number of unbranched alkanes of at least 4 members (excludes halogenated alkanes) is 2. The van der Waals surface area contributed by atoms with Gasteiger partial charge in [-0.05, 0) is 48.3 Å². The number of nitrogens with one attached hydrogen (secondary N) is 2. The molecule has 2 N–H and O–H groups in total. The molecule has 0 heterocycles. The molecule has 4 nitrogen and oxygen atoms in total. The van der Waals surface area contributed by atoms with E-state index in [-0.39, 0.29) is 11.0 Å². The van der Waals surface area contributed by atoms with Crippen LogP contribution in [-0.2, 0) is 0 Å². The molecule has 0 spiro atoms. The molecule has 0 atom stereocenters. The molecule has 0 bridgehead atoms. The third kappa shape index (κ3) is 6.36. The molecule has 0 fully saturated rings. The summed E-state index contributed by atoms with van der Waals surface area (Å²) >= 11 is 5.34. The molecular formula is C22H28N2O2S. The van der Waals surface area contributed by atoms with Gasteiger partial charge in [-0.2, -0.15) is 0 Å². The van der Waals surface area contributed by atoms with Crippen molar-refractivity contribution in [1.82, 2.24) is 5.32 Å². The Labute approximate surface area is 167 Å². The zero-order chi connectivity index (χ0) is 19.6. The summed E-state index contributed by atoms with van der Waals surface area (Å²) in [5, 5.41) is 6.16. The van der Waals surface area contributed by atoms with Crippen molar-refractivity contribution in [2.24, 2.45) is 0 Å². The molecular weight excluding hydrogens is 356 g/mol. The fourth-order valence-corrected chi connectivity index (χ4v) is 2.96. The highest BCUT2D eigenvalue weighted by atomic mass is 32.1. The molecule has 1 amide bonds. The van der Waals surface area contributed by atoms with Gasteiger partial charge < -0.3 is 10.1 Å². The van der Waals surface area contributed by atoms with Gasteiger partial charge in [0.15, 0.2) is 5.11 Å². The van der Waals surface area contributed by atoms with E-state index < -0.39 is 0 Å². The molecule has 0 aliphatic carbocycles. The van der Waals surface area contributed by atoms with Crippen LogP contribution in [0.25, 0.3) is 0 Å². The second-order valence-electron chi connectivity index (χ2n) is 6.70. The Kier molecular flexibility index (Phi) is 8.27. The lowest BCUT2D eigenvalue weighted by Gasteiger charge is -2.16. The van der Waals surface area contributed by atoms with Gasteiger partial charge in [0.25, 0.3) is 5.91 Å². The molecule has 0 radical (unpaired) electrons. The van der Waals surface area contributed by atoms with E-state index in [9.17, 15) is 4.79 Å².